The van der Waals surface area contributed by atoms with Crippen molar-refractivity contribution >= 4 is 11.3 Å². The third kappa shape index (κ3) is 3.30. The van der Waals surface area contributed by atoms with Crippen LogP contribution in [0.25, 0.3) is 10.6 Å². The van der Waals surface area contributed by atoms with Gasteiger partial charge in [-0.1, -0.05) is 25.7 Å². The van der Waals surface area contributed by atoms with Crippen LogP contribution >= 0.6 is 11.3 Å². The number of aryl methyl sites for hydroxylation is 1. The number of hydrogen-bond donors (Lipinski definition) is 1. The predicted octanol–water partition coefficient (Wildman–Crippen LogP) is 3.96. The Labute approximate surface area is 125 Å². The molecular weight excluding hydrogens is 266 g/mol. The minimum atomic E-state index is 0.694. The zero-order chi connectivity index (χ0) is 13.8. The number of nitrogens with zero attached hydrogens (tertiary/aromatic N) is 2. The first kappa shape index (κ1) is 13.8. The van der Waals surface area contributed by atoms with Crippen LogP contribution in [0.3, 0.4) is 0 Å². The van der Waals surface area contributed by atoms with Crippen LogP contribution in [-0.2, 0) is 13.6 Å². The van der Waals surface area contributed by atoms with Crippen LogP contribution in [0.1, 0.15) is 43.5 Å². The van der Waals surface area contributed by atoms with E-state index in [4.69, 9.17) is 0 Å². The fraction of sp³-hybridized carbons (Fsp3) is 0.562. The lowest BCUT2D eigenvalue weighted by molar-refractivity contribution is 0.458. The van der Waals surface area contributed by atoms with Crippen molar-refractivity contribution in [2.24, 2.45) is 7.05 Å². The third-order valence-corrected chi connectivity index (χ3v) is 5.17. The molecule has 4 heteroatoms. The summed E-state index contributed by atoms with van der Waals surface area (Å²) < 4.78 is 2.15. The molecular formula is C16H23N3S. The predicted molar refractivity (Wildman–Crippen MR) is 84.9 cm³/mol. The van der Waals surface area contributed by atoms with Crippen LogP contribution < -0.4 is 5.32 Å². The maximum Gasteiger partial charge on any atom is 0.107 e. The second kappa shape index (κ2) is 6.55. The Morgan fingerprint density at radius 1 is 1.30 bits per heavy atom. The second-order valence-electron chi connectivity index (χ2n) is 5.69. The Morgan fingerprint density at radius 3 is 2.80 bits per heavy atom. The smallest absolute Gasteiger partial charge is 0.107 e. The average Bonchev–Trinajstić information content (AvgIpc) is 2.99. The second-order valence-corrected chi connectivity index (χ2v) is 6.81. The van der Waals surface area contributed by atoms with E-state index >= 15 is 0 Å². The highest BCUT2D eigenvalue weighted by molar-refractivity contribution is 7.15. The minimum Gasteiger partial charge on any atom is -0.350 e. The molecule has 1 saturated carbocycles. The summed E-state index contributed by atoms with van der Waals surface area (Å²) in [7, 11) is 2.08. The van der Waals surface area contributed by atoms with Gasteiger partial charge in [-0.2, -0.15) is 0 Å². The lowest BCUT2D eigenvalue weighted by atomic mass is 10.1. The molecule has 0 saturated heterocycles. The first-order valence-electron chi connectivity index (χ1n) is 7.63. The molecule has 2 heterocycles. The lowest BCUT2D eigenvalue weighted by Gasteiger charge is -2.14. The van der Waals surface area contributed by atoms with Crippen molar-refractivity contribution in [3.05, 3.63) is 29.5 Å². The number of hydrogen-bond acceptors (Lipinski definition) is 3. The monoisotopic (exact) mass is 289 g/mol. The quantitative estimate of drug-likeness (QED) is 0.863. The van der Waals surface area contributed by atoms with Gasteiger partial charge in [-0.25, -0.2) is 4.98 Å². The molecule has 2 aromatic heterocycles. The van der Waals surface area contributed by atoms with E-state index in [0.29, 0.717) is 6.04 Å². The molecule has 0 bridgehead atoms. The highest BCUT2D eigenvalue weighted by Gasteiger charge is 2.13. The molecule has 3 nitrogen and oxygen atoms in total. The van der Waals surface area contributed by atoms with Gasteiger partial charge in [-0.3, -0.25) is 0 Å². The molecule has 0 aromatic carbocycles. The van der Waals surface area contributed by atoms with Gasteiger partial charge in [0.2, 0.25) is 0 Å². The molecule has 20 heavy (non-hydrogen) atoms. The van der Waals surface area contributed by atoms with Crippen molar-refractivity contribution in [3.63, 3.8) is 0 Å². The van der Waals surface area contributed by atoms with E-state index in [1.54, 1.807) is 11.3 Å². The largest absolute Gasteiger partial charge is 0.350 e. The van der Waals surface area contributed by atoms with Gasteiger partial charge in [-0.15, -0.1) is 11.3 Å². The van der Waals surface area contributed by atoms with E-state index in [-0.39, 0.29) is 0 Å². The molecule has 1 fully saturated rings. The maximum atomic E-state index is 4.56. The Kier molecular flexibility index (Phi) is 4.53. The standard InChI is InChI=1S/C16H23N3S/c1-19-10-6-9-14(19)15-11-18-16(20-15)12-17-13-7-4-2-3-5-8-13/h6,9-11,13,17H,2-5,7-8,12H2,1H3. The van der Waals surface area contributed by atoms with E-state index in [2.05, 4.69) is 40.2 Å². The van der Waals surface area contributed by atoms with E-state index in [9.17, 15) is 0 Å². The highest BCUT2D eigenvalue weighted by atomic mass is 32.1. The summed E-state index contributed by atoms with van der Waals surface area (Å²) >= 11 is 1.80. The van der Waals surface area contributed by atoms with Gasteiger partial charge < -0.3 is 9.88 Å². The third-order valence-electron chi connectivity index (χ3n) is 4.15. The molecule has 0 aliphatic heterocycles. The first-order chi connectivity index (χ1) is 9.83. The summed E-state index contributed by atoms with van der Waals surface area (Å²) in [5.74, 6) is 0. The van der Waals surface area contributed by atoms with Gasteiger partial charge in [0, 0.05) is 32.0 Å². The summed E-state index contributed by atoms with van der Waals surface area (Å²) in [6, 6.07) is 4.93. The summed E-state index contributed by atoms with van der Waals surface area (Å²) in [5, 5.41) is 4.89. The fourth-order valence-corrected chi connectivity index (χ4v) is 3.88. The van der Waals surface area contributed by atoms with Crippen molar-refractivity contribution in [3.8, 4) is 10.6 Å². The van der Waals surface area contributed by atoms with Crippen molar-refractivity contribution < 1.29 is 0 Å². The molecule has 3 rings (SSSR count). The molecule has 1 N–H and O–H groups in total. The molecule has 0 spiro atoms. The lowest BCUT2D eigenvalue weighted by Crippen LogP contribution is -2.27. The van der Waals surface area contributed by atoms with E-state index in [0.717, 1.165) is 6.54 Å². The van der Waals surface area contributed by atoms with Gasteiger partial charge in [0.15, 0.2) is 0 Å². The SMILES string of the molecule is Cn1cccc1-c1cnc(CNC2CCCCCC2)s1. The summed E-state index contributed by atoms with van der Waals surface area (Å²) in [6.45, 7) is 0.916. The minimum absolute atomic E-state index is 0.694. The summed E-state index contributed by atoms with van der Waals surface area (Å²) in [6.07, 6.45) is 12.3. The Morgan fingerprint density at radius 2 is 2.10 bits per heavy atom. The summed E-state index contributed by atoms with van der Waals surface area (Å²) in [5.41, 5.74) is 1.25. The molecule has 2 aromatic rings. The van der Waals surface area contributed by atoms with E-state index < -0.39 is 0 Å². The maximum absolute atomic E-state index is 4.56. The molecule has 0 amide bonds. The number of thiazole rings is 1. The zero-order valence-corrected chi connectivity index (χ0v) is 13.0. The highest BCUT2D eigenvalue weighted by Crippen LogP contribution is 2.26. The molecule has 0 unspecified atom stereocenters. The van der Waals surface area contributed by atoms with Gasteiger partial charge in [-0.05, 0) is 25.0 Å². The topological polar surface area (TPSA) is 29.9 Å². The van der Waals surface area contributed by atoms with Gasteiger partial charge in [0.25, 0.3) is 0 Å². The van der Waals surface area contributed by atoms with Crippen LogP contribution in [-0.4, -0.2) is 15.6 Å². The van der Waals surface area contributed by atoms with Crippen LogP contribution in [0.4, 0.5) is 0 Å². The van der Waals surface area contributed by atoms with Crippen LogP contribution in [0.2, 0.25) is 0 Å². The Balaban J connectivity index is 1.58. The molecule has 1 aliphatic carbocycles. The number of nitrogens with one attached hydrogen (secondary N) is 1. The van der Waals surface area contributed by atoms with Crippen molar-refractivity contribution in [2.75, 3.05) is 0 Å². The molecule has 108 valence electrons. The molecule has 0 radical (unpaired) electrons. The van der Waals surface area contributed by atoms with Crippen LogP contribution in [0.5, 0.6) is 0 Å². The molecule has 1 aliphatic rings. The van der Waals surface area contributed by atoms with Crippen LogP contribution in [0.15, 0.2) is 24.5 Å². The first-order valence-corrected chi connectivity index (χ1v) is 8.44. The average molecular weight is 289 g/mol. The fourth-order valence-electron chi connectivity index (χ4n) is 2.94. The van der Waals surface area contributed by atoms with Crippen molar-refractivity contribution in [1.29, 1.82) is 0 Å². The summed E-state index contributed by atoms with van der Waals surface area (Å²) in [4.78, 5) is 5.82. The van der Waals surface area contributed by atoms with E-state index in [1.165, 1.54) is 54.1 Å². The number of rotatable bonds is 4. The van der Waals surface area contributed by atoms with Gasteiger partial charge in [0.05, 0.1) is 10.6 Å². The Hall–Kier alpha value is -1.13. The van der Waals surface area contributed by atoms with Crippen LogP contribution in [0, 0.1) is 0 Å². The zero-order valence-electron chi connectivity index (χ0n) is 12.1. The van der Waals surface area contributed by atoms with Crippen molar-refractivity contribution in [2.45, 2.75) is 51.1 Å². The Bertz CT molecular complexity index is 535. The van der Waals surface area contributed by atoms with E-state index in [1.807, 2.05) is 6.20 Å². The number of aromatic nitrogens is 2. The van der Waals surface area contributed by atoms with Gasteiger partial charge >= 0.3 is 0 Å². The normalized spacial score (nSPS) is 17.2. The molecule has 0 atom stereocenters. The van der Waals surface area contributed by atoms with Crippen molar-refractivity contribution in [1.82, 2.24) is 14.9 Å². The van der Waals surface area contributed by atoms with Gasteiger partial charge in [0.1, 0.15) is 5.01 Å².